The summed E-state index contributed by atoms with van der Waals surface area (Å²) < 4.78 is 7.30. The number of aliphatic hydroxyl groups excluding tert-OH is 1. The highest BCUT2D eigenvalue weighted by Crippen LogP contribution is 2.30. The lowest BCUT2D eigenvalue weighted by atomic mass is 10.3. The maximum atomic E-state index is 9.24. The number of halogens is 2. The first-order chi connectivity index (χ1) is 8.20. The molecule has 0 aliphatic carbocycles. The van der Waals surface area contributed by atoms with Crippen LogP contribution in [0.4, 0.5) is 0 Å². The van der Waals surface area contributed by atoms with Gasteiger partial charge in [0, 0.05) is 16.2 Å². The summed E-state index contributed by atoms with van der Waals surface area (Å²) in [6.45, 7) is -0.119. The van der Waals surface area contributed by atoms with Crippen molar-refractivity contribution in [2.45, 2.75) is 6.61 Å². The number of hydrogen-bond donors (Lipinski definition) is 1. The smallest absolute Gasteiger partial charge is 0.224 e. The van der Waals surface area contributed by atoms with Crippen LogP contribution in [0.25, 0.3) is 0 Å². The summed E-state index contributed by atoms with van der Waals surface area (Å²) in [4.78, 5) is 4.14. The van der Waals surface area contributed by atoms with E-state index in [1.54, 1.807) is 12.3 Å². The van der Waals surface area contributed by atoms with Crippen molar-refractivity contribution >= 4 is 31.9 Å². The van der Waals surface area contributed by atoms with Crippen molar-refractivity contribution in [1.29, 1.82) is 0 Å². The Hall–Kier alpha value is -0.910. The molecule has 0 radical (unpaired) electrons. The van der Waals surface area contributed by atoms with Gasteiger partial charge in [0.25, 0.3) is 0 Å². The van der Waals surface area contributed by atoms with Gasteiger partial charge >= 0.3 is 0 Å². The molecule has 0 saturated heterocycles. The van der Waals surface area contributed by atoms with Gasteiger partial charge in [0.15, 0.2) is 0 Å². The average molecular weight is 359 g/mol. The third-order valence-corrected chi connectivity index (χ3v) is 3.19. The van der Waals surface area contributed by atoms with E-state index in [4.69, 9.17) is 4.74 Å². The van der Waals surface area contributed by atoms with Crippen LogP contribution in [0.2, 0.25) is 0 Å². The molecule has 1 heterocycles. The van der Waals surface area contributed by atoms with Gasteiger partial charge in [-0.2, -0.15) is 0 Å². The number of benzene rings is 1. The molecule has 0 fully saturated rings. The van der Waals surface area contributed by atoms with Gasteiger partial charge in [-0.15, -0.1) is 0 Å². The van der Waals surface area contributed by atoms with Crippen LogP contribution in [0.15, 0.2) is 45.5 Å². The van der Waals surface area contributed by atoms with Gasteiger partial charge in [0.2, 0.25) is 5.88 Å². The highest BCUT2D eigenvalue weighted by Gasteiger charge is 2.08. The Bertz CT molecular complexity index is 532. The molecular formula is C12H9Br2NO2. The molecule has 1 aromatic heterocycles. The lowest BCUT2D eigenvalue weighted by Gasteiger charge is -2.09. The van der Waals surface area contributed by atoms with Crippen LogP contribution < -0.4 is 4.74 Å². The van der Waals surface area contributed by atoms with E-state index >= 15 is 0 Å². The molecule has 3 nitrogen and oxygen atoms in total. The largest absolute Gasteiger partial charge is 0.437 e. The van der Waals surface area contributed by atoms with Crippen molar-refractivity contribution in [2.75, 3.05) is 0 Å². The first-order valence-electron chi connectivity index (χ1n) is 4.88. The van der Waals surface area contributed by atoms with Crippen LogP contribution in [0.1, 0.15) is 5.56 Å². The van der Waals surface area contributed by atoms with Gasteiger partial charge in [-0.3, -0.25) is 0 Å². The average Bonchev–Trinajstić information content (AvgIpc) is 2.34. The van der Waals surface area contributed by atoms with Gasteiger partial charge in [0.1, 0.15) is 5.75 Å². The minimum atomic E-state index is -0.119. The molecule has 1 aromatic carbocycles. The third-order valence-electron chi connectivity index (χ3n) is 2.11. The van der Waals surface area contributed by atoms with Crippen LogP contribution in [0.5, 0.6) is 11.6 Å². The van der Waals surface area contributed by atoms with Crippen molar-refractivity contribution in [2.24, 2.45) is 0 Å². The number of rotatable bonds is 3. The zero-order valence-electron chi connectivity index (χ0n) is 8.73. The molecule has 2 aromatic rings. The number of ether oxygens (including phenoxy) is 1. The Morgan fingerprint density at radius 1 is 1.24 bits per heavy atom. The van der Waals surface area contributed by atoms with Gasteiger partial charge in [-0.25, -0.2) is 4.98 Å². The van der Waals surface area contributed by atoms with E-state index < -0.39 is 0 Å². The quantitative estimate of drug-likeness (QED) is 0.904. The summed E-state index contributed by atoms with van der Waals surface area (Å²) in [6, 6.07) is 9.26. The molecule has 0 bridgehead atoms. The number of aromatic nitrogens is 1. The molecule has 0 amide bonds. The van der Waals surface area contributed by atoms with Crippen LogP contribution in [-0.4, -0.2) is 10.1 Å². The maximum Gasteiger partial charge on any atom is 0.224 e. The van der Waals surface area contributed by atoms with Crippen molar-refractivity contribution in [3.05, 3.63) is 51.0 Å². The fourth-order valence-electron chi connectivity index (χ4n) is 1.31. The number of aliphatic hydroxyl groups is 1. The van der Waals surface area contributed by atoms with E-state index in [0.29, 0.717) is 17.2 Å². The van der Waals surface area contributed by atoms with Gasteiger partial charge in [0.05, 0.1) is 11.1 Å². The lowest BCUT2D eigenvalue weighted by molar-refractivity contribution is 0.275. The summed E-state index contributed by atoms with van der Waals surface area (Å²) >= 11 is 6.69. The molecule has 1 N–H and O–H groups in total. The highest BCUT2D eigenvalue weighted by atomic mass is 79.9. The zero-order valence-corrected chi connectivity index (χ0v) is 11.9. The van der Waals surface area contributed by atoms with E-state index in [1.807, 2.05) is 24.3 Å². The van der Waals surface area contributed by atoms with Crippen molar-refractivity contribution in [1.82, 2.24) is 4.98 Å². The molecular weight excluding hydrogens is 350 g/mol. The molecule has 0 aliphatic rings. The van der Waals surface area contributed by atoms with Crippen LogP contribution in [0.3, 0.4) is 0 Å². The Morgan fingerprint density at radius 3 is 2.71 bits per heavy atom. The molecule has 5 heteroatoms. The number of para-hydroxylation sites is 1. The molecule has 0 unspecified atom stereocenters. The maximum absolute atomic E-state index is 9.24. The minimum Gasteiger partial charge on any atom is -0.437 e. The number of hydrogen-bond acceptors (Lipinski definition) is 3. The van der Waals surface area contributed by atoms with Crippen molar-refractivity contribution in [3.63, 3.8) is 0 Å². The predicted octanol–water partition coefficient (Wildman–Crippen LogP) is 3.89. The fourth-order valence-corrected chi connectivity index (χ4v) is 2.05. The Labute approximate surface area is 116 Å². The molecule has 2 rings (SSSR count). The number of pyridine rings is 1. The summed E-state index contributed by atoms with van der Waals surface area (Å²) in [5.41, 5.74) is 0.634. The zero-order chi connectivity index (χ0) is 12.3. The first-order valence-corrected chi connectivity index (χ1v) is 6.47. The van der Waals surface area contributed by atoms with Crippen LogP contribution >= 0.6 is 31.9 Å². The Balaban J connectivity index is 2.33. The van der Waals surface area contributed by atoms with E-state index in [9.17, 15) is 5.11 Å². The fraction of sp³-hybridized carbons (Fsp3) is 0.0833. The molecule has 0 aliphatic heterocycles. The normalized spacial score (nSPS) is 10.3. The SMILES string of the molecule is OCc1cc(Br)cnc1Oc1ccccc1Br. The third kappa shape index (κ3) is 3.06. The highest BCUT2D eigenvalue weighted by molar-refractivity contribution is 9.10. The van der Waals surface area contributed by atoms with Crippen LogP contribution in [0, 0.1) is 0 Å². The first kappa shape index (κ1) is 12.5. The second-order valence-electron chi connectivity index (χ2n) is 3.31. The summed E-state index contributed by atoms with van der Waals surface area (Å²) in [6.07, 6.45) is 1.63. The van der Waals surface area contributed by atoms with Crippen molar-refractivity contribution < 1.29 is 9.84 Å². The predicted molar refractivity (Wildman–Crippen MR) is 72.1 cm³/mol. The standard InChI is InChI=1S/C12H9Br2NO2/c13-9-5-8(7-16)12(15-6-9)17-11-4-2-1-3-10(11)14/h1-6,16H,7H2. The molecule has 0 saturated carbocycles. The minimum absolute atomic E-state index is 0.119. The molecule has 88 valence electrons. The summed E-state index contributed by atoms with van der Waals surface area (Å²) in [5, 5.41) is 9.24. The van der Waals surface area contributed by atoms with E-state index in [1.165, 1.54) is 0 Å². The van der Waals surface area contributed by atoms with Gasteiger partial charge in [-0.05, 0) is 50.1 Å². The monoisotopic (exact) mass is 357 g/mol. The van der Waals surface area contributed by atoms with E-state index in [2.05, 4.69) is 36.8 Å². The Kier molecular flexibility index (Phi) is 4.15. The molecule has 0 spiro atoms. The second-order valence-corrected chi connectivity index (χ2v) is 5.08. The lowest BCUT2D eigenvalue weighted by Crippen LogP contribution is -1.95. The molecule has 17 heavy (non-hydrogen) atoms. The van der Waals surface area contributed by atoms with E-state index in [-0.39, 0.29) is 6.61 Å². The van der Waals surface area contributed by atoms with Crippen LogP contribution in [-0.2, 0) is 6.61 Å². The van der Waals surface area contributed by atoms with E-state index in [0.717, 1.165) is 8.95 Å². The Morgan fingerprint density at radius 2 is 2.00 bits per heavy atom. The topological polar surface area (TPSA) is 42.4 Å². The van der Waals surface area contributed by atoms with Gasteiger partial charge < -0.3 is 9.84 Å². The summed E-state index contributed by atoms with van der Waals surface area (Å²) in [7, 11) is 0. The molecule has 0 atom stereocenters. The second kappa shape index (κ2) is 5.62. The van der Waals surface area contributed by atoms with Gasteiger partial charge in [-0.1, -0.05) is 12.1 Å². The summed E-state index contributed by atoms with van der Waals surface area (Å²) in [5.74, 6) is 1.07. The number of nitrogens with zero attached hydrogens (tertiary/aromatic N) is 1. The van der Waals surface area contributed by atoms with Crippen molar-refractivity contribution in [3.8, 4) is 11.6 Å².